The van der Waals surface area contributed by atoms with Crippen molar-refractivity contribution in [3.63, 3.8) is 0 Å². The van der Waals surface area contributed by atoms with Crippen molar-refractivity contribution in [2.24, 2.45) is 5.92 Å². The molecule has 1 aromatic carbocycles. The molecule has 1 saturated carbocycles. The summed E-state index contributed by atoms with van der Waals surface area (Å²) < 4.78 is 4.78. The highest BCUT2D eigenvalue weighted by Crippen LogP contribution is 2.50. The Kier molecular flexibility index (Phi) is 7.55. The summed E-state index contributed by atoms with van der Waals surface area (Å²) in [4.78, 5) is 40.5. The van der Waals surface area contributed by atoms with E-state index in [0.717, 1.165) is 42.8 Å². The third-order valence-electron chi connectivity index (χ3n) is 6.30. The molecule has 0 bridgehead atoms. The van der Waals surface area contributed by atoms with Gasteiger partial charge in [-0.2, -0.15) is 0 Å². The molecule has 0 aromatic heterocycles. The Balaban J connectivity index is 1.42. The molecule has 0 unspecified atom stereocenters. The van der Waals surface area contributed by atoms with Gasteiger partial charge in [-0.25, -0.2) is 4.79 Å². The van der Waals surface area contributed by atoms with Crippen LogP contribution < -0.4 is 10.6 Å². The number of benzene rings is 1. The number of likely N-dealkylation sites (tertiary alicyclic amines) is 1. The first kappa shape index (κ1) is 23.3. The van der Waals surface area contributed by atoms with E-state index in [1.807, 2.05) is 30.3 Å². The highest BCUT2D eigenvalue weighted by Gasteiger charge is 2.52. The van der Waals surface area contributed by atoms with Crippen LogP contribution in [-0.4, -0.2) is 64.1 Å². The standard InChI is InChI=1S/C23H31N3O4S2/c1-24-21(28)23(31-12-13-32-23)19(14-16-9-10-16)25-20(27)18-8-5-11-26(18)22(29)30-15-17-6-3-2-4-7-17/h2-4,6-7,16,18-19H,5,8-15H2,1H3,(H,24,28)(H,25,27)/t18-,19-/m0/s1. The Labute approximate surface area is 197 Å². The largest absolute Gasteiger partial charge is 0.445 e. The number of thioether (sulfide) groups is 2. The van der Waals surface area contributed by atoms with E-state index in [9.17, 15) is 14.4 Å². The Hall–Kier alpha value is -1.87. The Morgan fingerprint density at radius 2 is 1.88 bits per heavy atom. The van der Waals surface area contributed by atoms with Gasteiger partial charge in [-0.05, 0) is 30.7 Å². The first-order valence-electron chi connectivity index (χ1n) is 11.3. The molecule has 0 radical (unpaired) electrons. The maximum atomic E-state index is 13.3. The van der Waals surface area contributed by atoms with Crippen molar-refractivity contribution in [1.29, 1.82) is 0 Å². The number of rotatable bonds is 8. The smallest absolute Gasteiger partial charge is 0.410 e. The van der Waals surface area contributed by atoms with Gasteiger partial charge in [-0.3, -0.25) is 14.5 Å². The highest BCUT2D eigenvalue weighted by atomic mass is 32.2. The molecule has 1 aliphatic carbocycles. The first-order valence-corrected chi connectivity index (χ1v) is 13.3. The first-order chi connectivity index (χ1) is 15.5. The lowest BCUT2D eigenvalue weighted by atomic mass is 10.0. The lowest BCUT2D eigenvalue weighted by Crippen LogP contribution is -2.58. The second kappa shape index (κ2) is 10.4. The van der Waals surface area contributed by atoms with Crippen molar-refractivity contribution >= 4 is 41.4 Å². The molecule has 32 heavy (non-hydrogen) atoms. The average Bonchev–Trinajstić information content (AvgIpc) is 3.29. The Morgan fingerprint density at radius 1 is 1.16 bits per heavy atom. The quantitative estimate of drug-likeness (QED) is 0.599. The van der Waals surface area contributed by atoms with E-state index >= 15 is 0 Å². The van der Waals surface area contributed by atoms with Gasteiger partial charge in [-0.15, -0.1) is 23.5 Å². The molecule has 1 aromatic rings. The summed E-state index contributed by atoms with van der Waals surface area (Å²) in [6.45, 7) is 0.685. The average molecular weight is 478 g/mol. The minimum Gasteiger partial charge on any atom is -0.445 e. The van der Waals surface area contributed by atoms with Crippen LogP contribution in [0.2, 0.25) is 0 Å². The fraction of sp³-hybridized carbons (Fsp3) is 0.609. The van der Waals surface area contributed by atoms with Gasteiger partial charge in [0.1, 0.15) is 12.6 Å². The number of hydrogen-bond donors (Lipinski definition) is 2. The van der Waals surface area contributed by atoms with Crippen LogP contribution in [0, 0.1) is 5.92 Å². The third-order valence-corrected chi connectivity index (χ3v) is 9.88. The predicted octanol–water partition coefficient (Wildman–Crippen LogP) is 2.99. The fourth-order valence-corrected chi connectivity index (χ4v) is 7.70. The van der Waals surface area contributed by atoms with Crippen molar-refractivity contribution in [1.82, 2.24) is 15.5 Å². The SMILES string of the molecule is CNC(=O)C1([C@H](CC2CC2)NC(=O)[C@@H]2CCCN2C(=O)OCc2ccccc2)SCCS1. The van der Waals surface area contributed by atoms with Crippen molar-refractivity contribution in [3.05, 3.63) is 35.9 Å². The van der Waals surface area contributed by atoms with Crippen LogP contribution in [0.4, 0.5) is 4.79 Å². The molecule has 2 aliphatic heterocycles. The van der Waals surface area contributed by atoms with E-state index in [2.05, 4.69) is 10.6 Å². The van der Waals surface area contributed by atoms with Crippen molar-refractivity contribution in [2.75, 3.05) is 25.1 Å². The predicted molar refractivity (Wildman–Crippen MR) is 127 cm³/mol. The molecule has 3 aliphatic rings. The van der Waals surface area contributed by atoms with Gasteiger partial charge >= 0.3 is 6.09 Å². The fourth-order valence-electron chi connectivity index (χ4n) is 4.42. The molecule has 3 fully saturated rings. The van der Waals surface area contributed by atoms with Gasteiger partial charge in [0.25, 0.3) is 0 Å². The summed E-state index contributed by atoms with van der Waals surface area (Å²) in [7, 11) is 1.65. The van der Waals surface area contributed by atoms with Crippen LogP contribution in [0.1, 0.15) is 37.7 Å². The number of amides is 3. The molecule has 4 rings (SSSR count). The Bertz CT molecular complexity index is 828. The maximum Gasteiger partial charge on any atom is 0.410 e. The second-order valence-corrected chi connectivity index (χ2v) is 11.5. The van der Waals surface area contributed by atoms with Gasteiger partial charge in [0.05, 0.1) is 6.04 Å². The number of nitrogens with zero attached hydrogens (tertiary/aromatic N) is 1. The molecular weight excluding hydrogens is 446 g/mol. The number of carbonyl (C=O) groups excluding carboxylic acids is 3. The third kappa shape index (κ3) is 5.20. The molecule has 2 heterocycles. The lowest BCUT2D eigenvalue weighted by molar-refractivity contribution is -0.126. The summed E-state index contributed by atoms with van der Waals surface area (Å²) in [5.41, 5.74) is 0.911. The Morgan fingerprint density at radius 3 is 2.53 bits per heavy atom. The maximum absolute atomic E-state index is 13.3. The number of nitrogens with one attached hydrogen (secondary N) is 2. The van der Waals surface area contributed by atoms with Crippen LogP contribution in [0.5, 0.6) is 0 Å². The summed E-state index contributed by atoms with van der Waals surface area (Å²) in [6.07, 6.45) is 3.99. The second-order valence-electron chi connectivity index (χ2n) is 8.58. The van der Waals surface area contributed by atoms with Crippen LogP contribution in [0.15, 0.2) is 30.3 Å². The van der Waals surface area contributed by atoms with Crippen LogP contribution in [-0.2, 0) is 20.9 Å². The lowest BCUT2D eigenvalue weighted by Gasteiger charge is -2.36. The van der Waals surface area contributed by atoms with E-state index in [4.69, 9.17) is 4.74 Å². The van der Waals surface area contributed by atoms with E-state index < -0.39 is 16.2 Å². The molecule has 174 valence electrons. The zero-order valence-corrected chi connectivity index (χ0v) is 20.0. The minimum absolute atomic E-state index is 0.0403. The molecular formula is C23H31N3O4S2. The van der Waals surface area contributed by atoms with Gasteiger partial charge < -0.3 is 15.4 Å². The minimum atomic E-state index is -0.704. The van der Waals surface area contributed by atoms with Gasteiger partial charge in [0.2, 0.25) is 11.8 Å². The summed E-state index contributed by atoms with van der Waals surface area (Å²) in [5, 5.41) is 6.00. The van der Waals surface area contributed by atoms with Crippen molar-refractivity contribution < 1.29 is 19.1 Å². The van der Waals surface area contributed by atoms with Gasteiger partial charge in [0.15, 0.2) is 4.08 Å². The molecule has 2 atom stereocenters. The molecule has 3 amide bonds. The molecule has 2 N–H and O–H groups in total. The van der Waals surface area contributed by atoms with Gasteiger partial charge in [-0.1, -0.05) is 43.2 Å². The molecule has 0 spiro atoms. The van der Waals surface area contributed by atoms with E-state index in [-0.39, 0.29) is 24.5 Å². The molecule has 2 saturated heterocycles. The van der Waals surface area contributed by atoms with E-state index in [0.29, 0.717) is 18.9 Å². The molecule has 7 nitrogen and oxygen atoms in total. The summed E-state index contributed by atoms with van der Waals surface area (Å²) in [6, 6.07) is 8.70. The van der Waals surface area contributed by atoms with Crippen LogP contribution in [0.25, 0.3) is 0 Å². The van der Waals surface area contributed by atoms with Crippen LogP contribution in [0.3, 0.4) is 0 Å². The summed E-state index contributed by atoms with van der Waals surface area (Å²) in [5.74, 6) is 2.11. The highest BCUT2D eigenvalue weighted by molar-refractivity contribution is 8.22. The normalized spacial score (nSPS) is 22.9. The van der Waals surface area contributed by atoms with E-state index in [1.54, 1.807) is 30.6 Å². The molecule has 9 heteroatoms. The van der Waals surface area contributed by atoms with Crippen molar-refractivity contribution in [2.45, 2.75) is 54.9 Å². The summed E-state index contributed by atoms with van der Waals surface area (Å²) >= 11 is 3.26. The number of hydrogen-bond acceptors (Lipinski definition) is 6. The zero-order chi connectivity index (χ0) is 22.6. The van der Waals surface area contributed by atoms with E-state index in [1.165, 1.54) is 4.90 Å². The number of carbonyl (C=O) groups is 3. The van der Waals surface area contributed by atoms with Gasteiger partial charge in [0, 0.05) is 25.1 Å². The topological polar surface area (TPSA) is 87.7 Å². The number of ether oxygens (including phenoxy) is 1. The van der Waals surface area contributed by atoms with Crippen LogP contribution >= 0.6 is 23.5 Å². The van der Waals surface area contributed by atoms with Crippen molar-refractivity contribution in [3.8, 4) is 0 Å². The zero-order valence-electron chi connectivity index (χ0n) is 18.4. The monoisotopic (exact) mass is 477 g/mol.